The Hall–Kier alpha value is -1.59. The van der Waals surface area contributed by atoms with Crippen molar-refractivity contribution in [3.8, 4) is 0 Å². The van der Waals surface area contributed by atoms with Crippen LogP contribution in [0.15, 0.2) is 34.3 Å². The zero-order chi connectivity index (χ0) is 18.0. The third-order valence-electron chi connectivity index (χ3n) is 3.19. The van der Waals surface area contributed by atoms with E-state index in [2.05, 4.69) is 14.9 Å². The molecule has 0 saturated heterocycles. The fourth-order valence-corrected chi connectivity index (χ4v) is 3.87. The van der Waals surface area contributed by atoms with Gasteiger partial charge in [-0.2, -0.15) is 13.2 Å². The highest BCUT2D eigenvalue weighted by atomic mass is 32.2. The molecule has 0 unspecified atom stereocenters. The van der Waals surface area contributed by atoms with E-state index in [1.807, 2.05) is 6.92 Å². The summed E-state index contributed by atoms with van der Waals surface area (Å²) in [7, 11) is -4.35. The topological polar surface area (TPSA) is 76.9 Å². The molecule has 0 spiro atoms. The minimum absolute atomic E-state index is 0.254. The van der Waals surface area contributed by atoms with Crippen molar-refractivity contribution < 1.29 is 21.6 Å². The summed E-state index contributed by atoms with van der Waals surface area (Å²) < 4.78 is 67.4. The number of alkyl halides is 3. The number of nitrogens with zero attached hydrogens (tertiary/aromatic N) is 3. The zero-order valence-corrected chi connectivity index (χ0v) is 14.5. The minimum Gasteiger partial charge on any atom is -0.305 e. The van der Waals surface area contributed by atoms with Gasteiger partial charge in [0, 0.05) is 6.54 Å². The second-order valence-corrected chi connectivity index (χ2v) is 7.17. The maximum Gasteiger partial charge on any atom is 0.417 e. The van der Waals surface area contributed by atoms with Gasteiger partial charge in [0.25, 0.3) is 0 Å². The third kappa shape index (κ3) is 3.90. The largest absolute Gasteiger partial charge is 0.417 e. The Bertz CT molecular complexity index is 819. The van der Waals surface area contributed by atoms with Crippen molar-refractivity contribution in [2.45, 2.75) is 36.2 Å². The van der Waals surface area contributed by atoms with Crippen LogP contribution in [0.3, 0.4) is 0 Å². The summed E-state index contributed by atoms with van der Waals surface area (Å²) in [5, 5.41) is 8.36. The number of hydrogen-bond acceptors (Lipinski definition) is 5. The molecule has 0 amide bonds. The Morgan fingerprint density at radius 2 is 1.92 bits per heavy atom. The van der Waals surface area contributed by atoms with Crippen LogP contribution in [0.2, 0.25) is 0 Å². The predicted molar refractivity (Wildman–Crippen MR) is 82.9 cm³/mol. The monoisotopic (exact) mass is 380 g/mol. The lowest BCUT2D eigenvalue weighted by atomic mass is 10.2. The number of rotatable bonds is 6. The SMILES string of the molecule is CCn1c(CNS(=O)(=O)c2ccccc2C(F)(F)F)nnc1SC. The van der Waals surface area contributed by atoms with Crippen molar-refractivity contribution in [1.82, 2.24) is 19.5 Å². The number of nitrogens with one attached hydrogen (secondary N) is 1. The lowest BCUT2D eigenvalue weighted by molar-refractivity contribution is -0.139. The van der Waals surface area contributed by atoms with Gasteiger partial charge >= 0.3 is 6.18 Å². The zero-order valence-electron chi connectivity index (χ0n) is 12.8. The molecule has 2 aromatic rings. The van der Waals surface area contributed by atoms with Gasteiger partial charge in [-0.1, -0.05) is 23.9 Å². The summed E-state index contributed by atoms with van der Waals surface area (Å²) >= 11 is 1.34. The lowest BCUT2D eigenvalue weighted by Crippen LogP contribution is -2.27. The summed E-state index contributed by atoms with van der Waals surface area (Å²) in [6.07, 6.45) is -2.97. The molecule has 1 aromatic heterocycles. The first-order chi connectivity index (χ1) is 11.2. The summed E-state index contributed by atoms with van der Waals surface area (Å²) in [6.45, 7) is 2.09. The van der Waals surface area contributed by atoms with Gasteiger partial charge in [0.05, 0.1) is 17.0 Å². The summed E-state index contributed by atoms with van der Waals surface area (Å²) in [6, 6.07) is 4.03. The first-order valence-corrected chi connectivity index (χ1v) is 9.53. The van der Waals surface area contributed by atoms with Gasteiger partial charge in [0.1, 0.15) is 5.82 Å². The molecular weight excluding hydrogens is 365 g/mol. The molecule has 1 heterocycles. The fraction of sp³-hybridized carbons (Fsp3) is 0.385. The van der Waals surface area contributed by atoms with Crippen molar-refractivity contribution in [3.05, 3.63) is 35.7 Å². The van der Waals surface area contributed by atoms with Crippen LogP contribution in [-0.2, 0) is 29.3 Å². The van der Waals surface area contributed by atoms with E-state index >= 15 is 0 Å². The van der Waals surface area contributed by atoms with E-state index in [0.717, 1.165) is 18.2 Å². The average molecular weight is 380 g/mol. The van der Waals surface area contributed by atoms with E-state index in [1.165, 1.54) is 17.8 Å². The maximum atomic E-state index is 13.0. The number of hydrogen-bond donors (Lipinski definition) is 1. The van der Waals surface area contributed by atoms with Gasteiger partial charge in [-0.15, -0.1) is 10.2 Å². The smallest absolute Gasteiger partial charge is 0.305 e. The number of benzene rings is 1. The van der Waals surface area contributed by atoms with Crippen molar-refractivity contribution in [3.63, 3.8) is 0 Å². The molecule has 132 valence electrons. The molecule has 24 heavy (non-hydrogen) atoms. The number of halogens is 3. The van der Waals surface area contributed by atoms with E-state index in [-0.39, 0.29) is 6.54 Å². The van der Waals surface area contributed by atoms with E-state index in [1.54, 1.807) is 10.8 Å². The highest BCUT2D eigenvalue weighted by Gasteiger charge is 2.36. The van der Waals surface area contributed by atoms with Crippen LogP contribution in [0, 0.1) is 0 Å². The van der Waals surface area contributed by atoms with Crippen LogP contribution in [0.25, 0.3) is 0 Å². The van der Waals surface area contributed by atoms with Gasteiger partial charge < -0.3 is 4.57 Å². The predicted octanol–water partition coefficient (Wildman–Crippen LogP) is 2.52. The van der Waals surface area contributed by atoms with Crippen molar-refractivity contribution in [2.75, 3.05) is 6.26 Å². The normalized spacial score (nSPS) is 12.5. The molecule has 1 aromatic carbocycles. The van der Waals surface area contributed by atoms with E-state index in [9.17, 15) is 21.6 Å². The Morgan fingerprint density at radius 1 is 1.25 bits per heavy atom. The van der Waals surface area contributed by atoms with Crippen molar-refractivity contribution in [2.24, 2.45) is 0 Å². The van der Waals surface area contributed by atoms with Gasteiger partial charge in [-0.05, 0) is 25.3 Å². The molecule has 0 aliphatic heterocycles. The minimum atomic E-state index is -4.76. The fourth-order valence-electron chi connectivity index (χ4n) is 2.09. The molecule has 0 bridgehead atoms. The Labute approximate surface area is 141 Å². The number of thioether (sulfide) groups is 1. The summed E-state index contributed by atoms with van der Waals surface area (Å²) in [4.78, 5) is -0.815. The van der Waals surface area contributed by atoms with E-state index in [4.69, 9.17) is 0 Å². The van der Waals surface area contributed by atoms with Gasteiger partial charge in [-0.25, -0.2) is 13.1 Å². The Balaban J connectivity index is 2.29. The van der Waals surface area contributed by atoms with Crippen LogP contribution >= 0.6 is 11.8 Å². The molecule has 0 radical (unpaired) electrons. The molecule has 0 aliphatic carbocycles. The molecule has 0 saturated carbocycles. The maximum absolute atomic E-state index is 13.0. The Kier molecular flexibility index (Phi) is 5.56. The van der Waals surface area contributed by atoms with Crippen LogP contribution < -0.4 is 4.72 Å². The van der Waals surface area contributed by atoms with Crippen LogP contribution in [0.4, 0.5) is 13.2 Å². The summed E-state index contributed by atoms with van der Waals surface area (Å²) in [5.74, 6) is 0.329. The lowest BCUT2D eigenvalue weighted by Gasteiger charge is -2.13. The van der Waals surface area contributed by atoms with Crippen molar-refractivity contribution >= 4 is 21.8 Å². The number of aromatic nitrogens is 3. The van der Waals surface area contributed by atoms with E-state index in [0.29, 0.717) is 17.5 Å². The van der Waals surface area contributed by atoms with Crippen molar-refractivity contribution in [1.29, 1.82) is 0 Å². The van der Waals surface area contributed by atoms with Gasteiger partial charge in [-0.3, -0.25) is 0 Å². The molecule has 0 fully saturated rings. The molecule has 6 nitrogen and oxygen atoms in total. The first-order valence-electron chi connectivity index (χ1n) is 6.82. The molecule has 2 rings (SSSR count). The second-order valence-electron chi connectivity index (χ2n) is 4.67. The molecule has 11 heteroatoms. The second kappa shape index (κ2) is 7.11. The Morgan fingerprint density at radius 3 is 2.50 bits per heavy atom. The van der Waals surface area contributed by atoms with Crippen LogP contribution in [-0.4, -0.2) is 29.4 Å². The molecule has 1 N–H and O–H groups in total. The van der Waals surface area contributed by atoms with E-state index < -0.39 is 26.7 Å². The first kappa shape index (κ1) is 18.7. The van der Waals surface area contributed by atoms with Crippen LogP contribution in [0.1, 0.15) is 18.3 Å². The average Bonchev–Trinajstić information content (AvgIpc) is 2.94. The van der Waals surface area contributed by atoms with Crippen LogP contribution in [0.5, 0.6) is 0 Å². The highest BCUT2D eigenvalue weighted by molar-refractivity contribution is 7.98. The number of sulfonamides is 1. The van der Waals surface area contributed by atoms with Gasteiger partial charge in [0.15, 0.2) is 5.16 Å². The quantitative estimate of drug-likeness (QED) is 0.780. The molecular formula is C13H15F3N4O2S2. The molecule has 0 aliphatic rings. The highest BCUT2D eigenvalue weighted by Crippen LogP contribution is 2.33. The third-order valence-corrected chi connectivity index (χ3v) is 5.32. The standard InChI is InChI=1S/C13H15F3N4O2S2/c1-3-20-11(18-19-12(20)23-2)8-17-24(21,22)10-7-5-4-6-9(10)13(14,15)16/h4-7,17H,3,8H2,1-2H3. The van der Waals surface area contributed by atoms with Gasteiger partial charge in [0.2, 0.25) is 10.0 Å². The molecule has 0 atom stereocenters. The summed E-state index contributed by atoms with van der Waals surface area (Å²) in [5.41, 5.74) is -1.21.